The second-order valence-electron chi connectivity index (χ2n) is 6.85. The molecule has 152 valence electrons. The van der Waals surface area contributed by atoms with Gasteiger partial charge >= 0.3 is 0 Å². The summed E-state index contributed by atoms with van der Waals surface area (Å²) in [6, 6.07) is 11.2. The van der Waals surface area contributed by atoms with Crippen molar-refractivity contribution in [1.82, 2.24) is 9.55 Å². The summed E-state index contributed by atoms with van der Waals surface area (Å²) in [4.78, 5) is 41.5. The number of nitrogens with one attached hydrogen (secondary N) is 1. The van der Waals surface area contributed by atoms with E-state index in [1.807, 2.05) is 6.92 Å². The highest BCUT2D eigenvalue weighted by Gasteiger charge is 2.19. The number of aryl methyl sites for hydroxylation is 1. The first-order valence-corrected chi connectivity index (χ1v) is 10.2. The molecule has 2 aromatic carbocycles. The summed E-state index contributed by atoms with van der Waals surface area (Å²) in [6.07, 6.45) is 0.414. The van der Waals surface area contributed by atoms with Gasteiger partial charge in [-0.1, -0.05) is 13.0 Å². The molecule has 0 saturated heterocycles. The van der Waals surface area contributed by atoms with E-state index in [0.29, 0.717) is 43.8 Å². The van der Waals surface area contributed by atoms with Crippen LogP contribution in [0.4, 0.5) is 10.1 Å². The summed E-state index contributed by atoms with van der Waals surface area (Å²) in [5.41, 5.74) is 1.05. The van der Waals surface area contributed by atoms with Gasteiger partial charge in [-0.05, 0) is 43.3 Å². The predicted octanol–water partition coefficient (Wildman–Crippen LogP) is 4.15. The van der Waals surface area contributed by atoms with Crippen molar-refractivity contribution in [1.29, 1.82) is 0 Å². The molecule has 0 saturated carbocycles. The minimum atomic E-state index is -0.419. The number of benzene rings is 2. The fourth-order valence-electron chi connectivity index (χ4n) is 3.34. The fourth-order valence-corrected chi connectivity index (χ4v) is 4.44. The van der Waals surface area contributed by atoms with E-state index in [0.717, 1.165) is 0 Å². The number of carbonyl (C=O) groups is 2. The Morgan fingerprint density at radius 2 is 1.90 bits per heavy atom. The molecule has 2 aromatic heterocycles. The Labute approximate surface area is 175 Å². The Bertz CT molecular complexity index is 1360. The van der Waals surface area contributed by atoms with Crippen LogP contribution in [0, 0.1) is 5.82 Å². The van der Waals surface area contributed by atoms with Gasteiger partial charge in [-0.15, -0.1) is 11.3 Å². The van der Waals surface area contributed by atoms with Gasteiger partial charge in [0.05, 0.1) is 10.9 Å². The standard InChI is InChI=1S/C22H18FN3O3S/c1-3-17-25-20-19-15(23)5-4-6-16(19)30-21(20)22(29)26(17)11-18(28)24-14-9-7-13(8-10-14)12(2)27/h4-10H,3,11H2,1-2H3,(H,24,28). The van der Waals surface area contributed by atoms with Crippen LogP contribution < -0.4 is 10.9 Å². The highest BCUT2D eigenvalue weighted by Crippen LogP contribution is 2.32. The normalized spacial score (nSPS) is 11.2. The van der Waals surface area contributed by atoms with Crippen LogP contribution in [0.15, 0.2) is 47.3 Å². The van der Waals surface area contributed by atoms with Gasteiger partial charge < -0.3 is 5.32 Å². The zero-order valence-electron chi connectivity index (χ0n) is 16.4. The molecule has 4 rings (SSSR count). The van der Waals surface area contributed by atoms with Gasteiger partial charge in [-0.3, -0.25) is 19.0 Å². The fraction of sp³-hybridized carbons (Fsp3) is 0.182. The van der Waals surface area contributed by atoms with Gasteiger partial charge in [-0.25, -0.2) is 9.37 Å². The minimum Gasteiger partial charge on any atom is -0.325 e. The van der Waals surface area contributed by atoms with E-state index >= 15 is 0 Å². The topological polar surface area (TPSA) is 81.1 Å². The number of aromatic nitrogens is 2. The van der Waals surface area contributed by atoms with Gasteiger partial charge in [0.2, 0.25) is 5.91 Å². The second-order valence-corrected chi connectivity index (χ2v) is 7.90. The predicted molar refractivity (Wildman–Crippen MR) is 116 cm³/mol. The molecule has 0 aliphatic carbocycles. The van der Waals surface area contributed by atoms with Gasteiger partial charge in [0.25, 0.3) is 5.56 Å². The van der Waals surface area contributed by atoms with Crippen LogP contribution in [-0.4, -0.2) is 21.2 Å². The number of hydrogen-bond acceptors (Lipinski definition) is 5. The molecular formula is C22H18FN3O3S. The van der Waals surface area contributed by atoms with Crippen molar-refractivity contribution in [2.45, 2.75) is 26.8 Å². The van der Waals surface area contributed by atoms with Crippen LogP contribution in [0.5, 0.6) is 0 Å². The van der Waals surface area contributed by atoms with Gasteiger partial charge in [0.15, 0.2) is 5.78 Å². The largest absolute Gasteiger partial charge is 0.325 e. The van der Waals surface area contributed by atoms with Crippen molar-refractivity contribution in [2.24, 2.45) is 0 Å². The van der Waals surface area contributed by atoms with Crippen molar-refractivity contribution in [3.63, 3.8) is 0 Å². The van der Waals surface area contributed by atoms with Crippen LogP contribution in [0.3, 0.4) is 0 Å². The monoisotopic (exact) mass is 423 g/mol. The van der Waals surface area contributed by atoms with E-state index in [2.05, 4.69) is 10.3 Å². The molecule has 0 bridgehead atoms. The van der Waals surface area contributed by atoms with Crippen LogP contribution in [-0.2, 0) is 17.8 Å². The van der Waals surface area contributed by atoms with Crippen molar-refractivity contribution >= 4 is 49.0 Å². The van der Waals surface area contributed by atoms with Crippen LogP contribution in [0.2, 0.25) is 0 Å². The number of Topliss-reactive ketones (excluding diaryl/α,β-unsaturated/α-hetero) is 1. The SMILES string of the molecule is CCc1nc2c(sc3cccc(F)c32)c(=O)n1CC(=O)Nc1ccc(C(C)=O)cc1. The molecule has 4 aromatic rings. The molecule has 0 atom stereocenters. The number of amides is 1. The molecule has 1 N–H and O–H groups in total. The number of hydrogen-bond donors (Lipinski definition) is 1. The molecular weight excluding hydrogens is 405 g/mol. The molecule has 0 aliphatic rings. The maximum atomic E-state index is 14.3. The third-order valence-corrected chi connectivity index (χ3v) is 5.96. The van der Waals surface area contributed by atoms with Gasteiger partial charge in [0, 0.05) is 22.4 Å². The number of carbonyl (C=O) groups excluding carboxylic acids is 2. The summed E-state index contributed by atoms with van der Waals surface area (Å²) in [5.74, 6) is -0.461. The zero-order valence-corrected chi connectivity index (χ0v) is 17.2. The van der Waals surface area contributed by atoms with E-state index in [1.54, 1.807) is 36.4 Å². The minimum absolute atomic E-state index is 0.0637. The quantitative estimate of drug-likeness (QED) is 0.489. The van der Waals surface area contributed by atoms with Gasteiger partial charge in [0.1, 0.15) is 22.9 Å². The molecule has 1 amide bonds. The summed E-state index contributed by atoms with van der Waals surface area (Å²) in [5, 5.41) is 3.06. The summed E-state index contributed by atoms with van der Waals surface area (Å²) >= 11 is 1.17. The molecule has 0 radical (unpaired) electrons. The Morgan fingerprint density at radius 1 is 1.17 bits per heavy atom. The maximum Gasteiger partial charge on any atom is 0.272 e. The summed E-state index contributed by atoms with van der Waals surface area (Å²) in [7, 11) is 0. The van der Waals surface area contributed by atoms with Crippen molar-refractivity contribution in [3.05, 3.63) is 70.0 Å². The van der Waals surface area contributed by atoms with Crippen molar-refractivity contribution in [3.8, 4) is 0 Å². The van der Waals surface area contributed by atoms with Crippen molar-refractivity contribution < 1.29 is 14.0 Å². The van der Waals surface area contributed by atoms with E-state index < -0.39 is 11.7 Å². The molecule has 2 heterocycles. The van der Waals surface area contributed by atoms with Crippen LogP contribution >= 0.6 is 11.3 Å². The van der Waals surface area contributed by atoms with E-state index in [1.165, 1.54) is 28.9 Å². The van der Waals surface area contributed by atoms with Crippen LogP contribution in [0.25, 0.3) is 20.3 Å². The molecule has 0 aliphatic heterocycles. The Kier molecular flexibility index (Phi) is 5.17. The Hall–Kier alpha value is -3.39. The summed E-state index contributed by atoms with van der Waals surface area (Å²) in [6.45, 7) is 3.08. The first kappa shape index (κ1) is 19.9. The lowest BCUT2D eigenvalue weighted by Gasteiger charge is -2.12. The molecule has 0 unspecified atom stereocenters. The highest BCUT2D eigenvalue weighted by atomic mass is 32.1. The average molecular weight is 423 g/mol. The number of ketones is 1. The first-order valence-electron chi connectivity index (χ1n) is 9.40. The number of anilines is 1. The smallest absolute Gasteiger partial charge is 0.272 e. The lowest BCUT2D eigenvalue weighted by molar-refractivity contribution is -0.116. The molecule has 0 fully saturated rings. The lowest BCUT2D eigenvalue weighted by atomic mass is 10.1. The second kappa shape index (κ2) is 7.79. The number of thiophene rings is 1. The highest BCUT2D eigenvalue weighted by molar-refractivity contribution is 7.25. The maximum absolute atomic E-state index is 14.3. The number of fused-ring (bicyclic) bond motifs is 3. The first-order chi connectivity index (χ1) is 14.4. The van der Waals surface area contributed by atoms with E-state index in [-0.39, 0.29) is 17.9 Å². The molecule has 30 heavy (non-hydrogen) atoms. The third kappa shape index (κ3) is 3.50. The van der Waals surface area contributed by atoms with Crippen LogP contribution in [0.1, 0.15) is 30.0 Å². The van der Waals surface area contributed by atoms with E-state index in [9.17, 15) is 18.8 Å². The summed E-state index contributed by atoms with van der Waals surface area (Å²) < 4.78 is 16.6. The average Bonchev–Trinajstić information content (AvgIpc) is 3.10. The Morgan fingerprint density at radius 3 is 2.57 bits per heavy atom. The third-order valence-electron chi connectivity index (χ3n) is 4.82. The van der Waals surface area contributed by atoms with Crippen molar-refractivity contribution in [2.75, 3.05) is 5.32 Å². The number of halogens is 1. The van der Waals surface area contributed by atoms with E-state index in [4.69, 9.17) is 0 Å². The lowest BCUT2D eigenvalue weighted by Crippen LogP contribution is -2.30. The van der Waals surface area contributed by atoms with Gasteiger partial charge in [-0.2, -0.15) is 0 Å². The molecule has 8 heteroatoms. The molecule has 6 nitrogen and oxygen atoms in total. The molecule has 0 spiro atoms. The number of nitrogens with zero attached hydrogens (tertiary/aromatic N) is 2. The number of rotatable bonds is 5. The Balaban J connectivity index is 1.69. The zero-order chi connectivity index (χ0) is 21.4.